The third kappa shape index (κ3) is 3.64. The highest BCUT2D eigenvalue weighted by Gasteiger charge is 2.37. The number of amides is 1. The zero-order valence-electron chi connectivity index (χ0n) is 12.0. The molecular weight excluding hydrogens is 276 g/mol. The van der Waals surface area contributed by atoms with Gasteiger partial charge in [-0.25, -0.2) is 0 Å². The quantitative estimate of drug-likeness (QED) is 0.907. The smallest absolute Gasteiger partial charge is 0.242 e. The van der Waals surface area contributed by atoms with Gasteiger partial charge in [0, 0.05) is 12.1 Å². The van der Waals surface area contributed by atoms with Gasteiger partial charge < -0.3 is 15.0 Å². The number of halogens is 1. The first-order chi connectivity index (χ1) is 9.51. The summed E-state index contributed by atoms with van der Waals surface area (Å²) in [5.41, 5.74) is -0.408. The molecule has 0 spiro atoms. The van der Waals surface area contributed by atoms with E-state index in [1.165, 1.54) is 0 Å². The molecule has 4 nitrogen and oxygen atoms in total. The molecule has 1 amide bonds. The maximum absolute atomic E-state index is 12.3. The molecule has 20 heavy (non-hydrogen) atoms. The molecular formula is C15H21ClN2O2. The van der Waals surface area contributed by atoms with E-state index in [4.69, 9.17) is 16.3 Å². The van der Waals surface area contributed by atoms with Gasteiger partial charge in [0.1, 0.15) is 12.4 Å². The van der Waals surface area contributed by atoms with Gasteiger partial charge in [0.05, 0.1) is 12.1 Å². The maximum Gasteiger partial charge on any atom is 0.242 e. The van der Waals surface area contributed by atoms with Crippen LogP contribution in [0.2, 0.25) is 5.02 Å². The first-order valence-corrected chi connectivity index (χ1v) is 7.28. The normalized spacial score (nSPS) is 21.8. The lowest BCUT2D eigenvalue weighted by atomic mass is 9.99. The van der Waals surface area contributed by atoms with E-state index < -0.39 is 5.54 Å². The minimum atomic E-state index is -0.408. The van der Waals surface area contributed by atoms with Crippen molar-refractivity contribution in [1.82, 2.24) is 10.2 Å². The second-order valence-electron chi connectivity index (χ2n) is 5.39. The van der Waals surface area contributed by atoms with Crippen molar-refractivity contribution in [2.75, 3.05) is 26.7 Å². The number of nitrogens with zero attached hydrogens (tertiary/aromatic N) is 1. The van der Waals surface area contributed by atoms with Crippen LogP contribution in [-0.4, -0.2) is 43.1 Å². The topological polar surface area (TPSA) is 41.6 Å². The van der Waals surface area contributed by atoms with E-state index in [1.807, 2.05) is 26.1 Å². The Morgan fingerprint density at radius 3 is 2.75 bits per heavy atom. The largest absolute Gasteiger partial charge is 0.492 e. The van der Waals surface area contributed by atoms with E-state index in [2.05, 4.69) is 5.32 Å². The van der Waals surface area contributed by atoms with Crippen LogP contribution in [0.5, 0.6) is 5.75 Å². The second-order valence-corrected chi connectivity index (χ2v) is 5.83. The van der Waals surface area contributed by atoms with E-state index in [1.54, 1.807) is 17.0 Å². The van der Waals surface area contributed by atoms with Gasteiger partial charge in [0.2, 0.25) is 5.91 Å². The zero-order chi connectivity index (χ0) is 14.6. The van der Waals surface area contributed by atoms with E-state index in [-0.39, 0.29) is 5.91 Å². The van der Waals surface area contributed by atoms with Gasteiger partial charge in [-0.05, 0) is 50.6 Å². The SMILES string of the molecule is CN(CCOc1ccc(Cl)cc1)C(=O)C1(C)CCCN1. The first kappa shape index (κ1) is 15.1. The summed E-state index contributed by atoms with van der Waals surface area (Å²) in [6.07, 6.45) is 1.95. The minimum absolute atomic E-state index is 0.134. The molecule has 110 valence electrons. The molecule has 1 aliphatic heterocycles. The van der Waals surface area contributed by atoms with Gasteiger partial charge in [-0.15, -0.1) is 0 Å². The van der Waals surface area contributed by atoms with Crippen molar-refractivity contribution in [2.24, 2.45) is 0 Å². The Morgan fingerprint density at radius 2 is 2.15 bits per heavy atom. The van der Waals surface area contributed by atoms with Gasteiger partial charge in [0.15, 0.2) is 0 Å². The molecule has 0 radical (unpaired) electrons. The Hall–Kier alpha value is -1.26. The average molecular weight is 297 g/mol. The van der Waals surface area contributed by atoms with Crippen LogP contribution in [0.3, 0.4) is 0 Å². The van der Waals surface area contributed by atoms with Gasteiger partial charge in [-0.2, -0.15) is 0 Å². The Bertz CT molecular complexity index is 455. The van der Waals surface area contributed by atoms with E-state index in [9.17, 15) is 4.79 Å². The van der Waals surface area contributed by atoms with Crippen molar-refractivity contribution >= 4 is 17.5 Å². The van der Waals surface area contributed by atoms with Crippen molar-refractivity contribution in [3.05, 3.63) is 29.3 Å². The molecule has 1 aliphatic rings. The van der Waals surface area contributed by atoms with Gasteiger partial charge in [-0.1, -0.05) is 11.6 Å². The predicted octanol–water partition coefficient (Wildman–Crippen LogP) is 2.32. The standard InChI is InChI=1S/C15H21ClN2O2/c1-15(8-3-9-17-15)14(19)18(2)10-11-20-13-6-4-12(16)5-7-13/h4-7,17H,3,8-11H2,1-2H3. The highest BCUT2D eigenvalue weighted by Crippen LogP contribution is 2.20. The summed E-state index contributed by atoms with van der Waals surface area (Å²) in [5.74, 6) is 0.898. The van der Waals surface area contributed by atoms with Crippen LogP contribution in [0.1, 0.15) is 19.8 Å². The fourth-order valence-corrected chi connectivity index (χ4v) is 2.56. The van der Waals surface area contributed by atoms with Gasteiger partial charge in [-0.3, -0.25) is 4.79 Å². The molecule has 0 aliphatic carbocycles. The number of carbonyl (C=O) groups excluding carboxylic acids is 1. The van der Waals surface area contributed by atoms with Crippen LogP contribution in [0.25, 0.3) is 0 Å². The maximum atomic E-state index is 12.3. The third-order valence-electron chi connectivity index (χ3n) is 3.70. The van der Waals surface area contributed by atoms with E-state index in [0.29, 0.717) is 18.2 Å². The summed E-state index contributed by atoms with van der Waals surface area (Å²) < 4.78 is 5.60. The molecule has 1 fully saturated rings. The highest BCUT2D eigenvalue weighted by atomic mass is 35.5. The van der Waals surface area contributed by atoms with Crippen molar-refractivity contribution in [3.63, 3.8) is 0 Å². The number of ether oxygens (including phenoxy) is 1. The number of carbonyl (C=O) groups is 1. The highest BCUT2D eigenvalue weighted by molar-refractivity contribution is 6.30. The Kier molecular flexibility index (Phi) is 4.89. The van der Waals surface area contributed by atoms with Crippen molar-refractivity contribution in [1.29, 1.82) is 0 Å². The molecule has 1 unspecified atom stereocenters. The van der Waals surface area contributed by atoms with Crippen molar-refractivity contribution in [3.8, 4) is 5.75 Å². The molecule has 1 aromatic carbocycles. The number of nitrogens with one attached hydrogen (secondary N) is 1. The summed E-state index contributed by atoms with van der Waals surface area (Å²) in [5, 5.41) is 3.97. The molecule has 0 saturated carbocycles. The molecule has 1 saturated heterocycles. The number of likely N-dealkylation sites (N-methyl/N-ethyl adjacent to an activating group) is 1. The summed E-state index contributed by atoms with van der Waals surface area (Å²) in [6, 6.07) is 7.22. The summed E-state index contributed by atoms with van der Waals surface area (Å²) in [6.45, 7) is 3.93. The summed E-state index contributed by atoms with van der Waals surface area (Å²) >= 11 is 5.81. The van der Waals surface area contributed by atoms with Gasteiger partial charge in [0.25, 0.3) is 0 Å². The molecule has 1 aromatic rings. The first-order valence-electron chi connectivity index (χ1n) is 6.90. The van der Waals surface area contributed by atoms with E-state index >= 15 is 0 Å². The fraction of sp³-hybridized carbons (Fsp3) is 0.533. The molecule has 0 aromatic heterocycles. The van der Waals surface area contributed by atoms with Crippen molar-refractivity contribution < 1.29 is 9.53 Å². The van der Waals surface area contributed by atoms with Crippen LogP contribution in [0.4, 0.5) is 0 Å². The van der Waals surface area contributed by atoms with Crippen LogP contribution >= 0.6 is 11.6 Å². The van der Waals surface area contributed by atoms with Crippen LogP contribution < -0.4 is 10.1 Å². The monoisotopic (exact) mass is 296 g/mol. The lowest BCUT2D eigenvalue weighted by Gasteiger charge is -2.29. The van der Waals surface area contributed by atoms with Gasteiger partial charge >= 0.3 is 0 Å². The lowest BCUT2D eigenvalue weighted by Crippen LogP contribution is -2.52. The Morgan fingerprint density at radius 1 is 1.45 bits per heavy atom. The summed E-state index contributed by atoms with van der Waals surface area (Å²) in [4.78, 5) is 14.1. The Labute approximate surface area is 125 Å². The number of benzene rings is 1. The molecule has 5 heteroatoms. The van der Waals surface area contributed by atoms with Crippen LogP contribution in [0.15, 0.2) is 24.3 Å². The molecule has 2 rings (SSSR count). The average Bonchev–Trinajstić information content (AvgIpc) is 2.88. The molecule has 1 atom stereocenters. The van der Waals surface area contributed by atoms with Crippen LogP contribution in [-0.2, 0) is 4.79 Å². The van der Waals surface area contributed by atoms with E-state index in [0.717, 1.165) is 25.1 Å². The Balaban J connectivity index is 1.78. The predicted molar refractivity (Wildman–Crippen MR) is 80.2 cm³/mol. The lowest BCUT2D eigenvalue weighted by molar-refractivity contribution is -0.136. The second kappa shape index (κ2) is 6.46. The molecule has 1 N–H and O–H groups in total. The zero-order valence-corrected chi connectivity index (χ0v) is 12.7. The third-order valence-corrected chi connectivity index (χ3v) is 3.95. The number of rotatable bonds is 5. The summed E-state index contributed by atoms with van der Waals surface area (Å²) in [7, 11) is 1.82. The molecule has 0 bridgehead atoms. The van der Waals surface area contributed by atoms with Crippen molar-refractivity contribution in [2.45, 2.75) is 25.3 Å². The van der Waals surface area contributed by atoms with Crippen LogP contribution in [0, 0.1) is 0 Å². The molecule has 1 heterocycles. The number of hydrogen-bond donors (Lipinski definition) is 1. The number of hydrogen-bond acceptors (Lipinski definition) is 3. The minimum Gasteiger partial charge on any atom is -0.492 e. The fourth-order valence-electron chi connectivity index (χ4n) is 2.43.